The Labute approximate surface area is 550 Å². The maximum Gasteiger partial charge on any atom is 0.237 e. The van der Waals surface area contributed by atoms with Crippen molar-refractivity contribution in [3.63, 3.8) is 0 Å². The Morgan fingerprint density at radius 1 is 0.278 bits per heavy atom. The van der Waals surface area contributed by atoms with Gasteiger partial charge < -0.3 is 13.7 Å². The number of hydrogen-bond acceptors (Lipinski definition) is 6. The minimum Gasteiger partial charge on any atom is -0.309 e. The molecule has 18 rings (SSSR count). The van der Waals surface area contributed by atoms with Gasteiger partial charge in [0, 0.05) is 115 Å². The fraction of sp³-hybridized carbons (Fsp3) is 0. The minimum absolute atomic E-state index is 0.619. The van der Waals surface area contributed by atoms with Gasteiger partial charge in [0.1, 0.15) is 5.65 Å². The minimum atomic E-state index is 0.619. The third-order valence-corrected chi connectivity index (χ3v) is 17.9. The second-order valence-corrected chi connectivity index (χ2v) is 24.9. The number of aromatic nitrogens is 10. The molecule has 10 nitrogen and oxygen atoms in total. The lowest BCUT2D eigenvalue weighted by molar-refractivity contribution is 0.997. The average molecular weight is 1420 g/mol. The Morgan fingerprint density at radius 2 is 0.733 bits per heavy atom. The summed E-state index contributed by atoms with van der Waals surface area (Å²) in [5, 5.41) is 9.24. The second-order valence-electron chi connectivity index (χ2n) is 21.3. The third kappa shape index (κ3) is 10.6. The van der Waals surface area contributed by atoms with Gasteiger partial charge in [-0.05, 0) is 152 Å². The van der Waals surface area contributed by atoms with E-state index in [9.17, 15) is 0 Å². The molecule has 9 aromatic carbocycles. The molecule has 0 spiro atoms. The van der Waals surface area contributed by atoms with Gasteiger partial charge in [0.25, 0.3) is 0 Å². The quantitative estimate of drug-likeness (QED) is 0.170. The van der Waals surface area contributed by atoms with Crippen LogP contribution in [0.3, 0.4) is 0 Å². The van der Waals surface area contributed by atoms with Crippen molar-refractivity contribution in [3.8, 4) is 34.3 Å². The van der Waals surface area contributed by atoms with E-state index in [-0.39, 0.29) is 0 Å². The second kappa shape index (κ2) is 24.5. The molecule has 0 aliphatic rings. The Morgan fingerprint density at radius 3 is 1.37 bits per heavy atom. The molecule has 18 aromatic rings. The summed E-state index contributed by atoms with van der Waals surface area (Å²) >= 11 is 14.3. The number of fused-ring (bicyclic) bond motifs is 13. The van der Waals surface area contributed by atoms with E-state index in [4.69, 9.17) is 9.97 Å². The van der Waals surface area contributed by atoms with E-state index in [2.05, 4.69) is 284 Å². The first-order valence-electron chi connectivity index (χ1n) is 29.0. The van der Waals surface area contributed by atoms with E-state index in [0.717, 1.165) is 89.9 Å². The van der Waals surface area contributed by atoms with Crippen molar-refractivity contribution in [2.75, 3.05) is 0 Å². The molecule has 0 fully saturated rings. The first-order chi connectivity index (χ1) is 44.3. The summed E-state index contributed by atoms with van der Waals surface area (Å²) in [6, 6.07) is 87.2. The van der Waals surface area contributed by atoms with Crippen molar-refractivity contribution < 1.29 is 0 Å². The summed E-state index contributed by atoms with van der Waals surface area (Å²) in [6.07, 6.45) is 11.2. The number of benzene rings is 9. The van der Waals surface area contributed by atoms with Crippen LogP contribution in [0, 0.1) is 0 Å². The molecule has 14 heteroatoms. The van der Waals surface area contributed by atoms with Crippen LogP contribution in [0.1, 0.15) is 0 Å². The summed E-state index contributed by atoms with van der Waals surface area (Å²) in [5.41, 5.74) is 16.3. The van der Waals surface area contributed by atoms with Crippen LogP contribution in [-0.2, 0) is 0 Å². The van der Waals surface area contributed by atoms with Gasteiger partial charge in [-0.2, -0.15) is 0 Å². The number of hydrogen-bond donors (Lipinski definition) is 0. The topological polar surface area (TPSA) is 97.1 Å². The van der Waals surface area contributed by atoms with Crippen LogP contribution in [0.5, 0.6) is 0 Å². The average Bonchev–Trinajstić information content (AvgIpc) is 1.62. The molecule has 0 radical (unpaired) electrons. The zero-order valence-electron chi connectivity index (χ0n) is 47.7. The molecule has 0 atom stereocenters. The highest BCUT2D eigenvalue weighted by atomic mass is 79.9. The van der Waals surface area contributed by atoms with Crippen LogP contribution in [0.2, 0.25) is 0 Å². The summed E-state index contributed by atoms with van der Waals surface area (Å²) in [4.78, 5) is 27.7. The predicted molar refractivity (Wildman–Crippen MR) is 384 cm³/mol. The first kappa shape index (κ1) is 56.5. The van der Waals surface area contributed by atoms with Crippen LogP contribution < -0.4 is 0 Å². The molecule has 0 N–H and O–H groups in total. The monoisotopic (exact) mass is 1420 g/mol. The van der Waals surface area contributed by atoms with E-state index in [1.165, 1.54) is 54.7 Å². The highest BCUT2D eigenvalue weighted by Crippen LogP contribution is 2.38. The maximum absolute atomic E-state index is 5.04. The first-order valence-corrected chi connectivity index (χ1v) is 32.2. The molecular weight excluding hydrogens is 1370 g/mol. The zero-order chi connectivity index (χ0) is 60.7. The molecule has 0 unspecified atom stereocenters. The SMILES string of the molecule is Brc1ccc2c(c1)c1cccnc1n2-c1nc(-c2ccccc2)c2ccccc2n1.Brc1ccc2c(c1)c1ccncc1n2-c1ccccc1.Brc1ccc2c(c1)c1cnccc1n2-c1ccccc1.Brc1ccc2c(c1)c1ncccc1n2-c1ccccc1. The summed E-state index contributed by atoms with van der Waals surface area (Å²) in [6.45, 7) is 0. The molecule has 90 heavy (non-hydrogen) atoms. The van der Waals surface area contributed by atoms with Crippen molar-refractivity contribution in [3.05, 3.63) is 310 Å². The molecule has 0 amide bonds. The lowest BCUT2D eigenvalue weighted by atomic mass is 10.1. The summed E-state index contributed by atoms with van der Waals surface area (Å²) in [5.74, 6) is 0.619. The van der Waals surface area contributed by atoms with Crippen LogP contribution in [0.25, 0.3) is 133 Å². The van der Waals surface area contributed by atoms with Gasteiger partial charge in [-0.15, -0.1) is 0 Å². The van der Waals surface area contributed by atoms with E-state index in [0.29, 0.717) is 5.95 Å². The highest BCUT2D eigenvalue weighted by molar-refractivity contribution is 9.11. The molecule has 430 valence electrons. The van der Waals surface area contributed by atoms with Gasteiger partial charge >= 0.3 is 0 Å². The van der Waals surface area contributed by atoms with Crippen molar-refractivity contribution in [2.24, 2.45) is 0 Å². The molecule has 0 saturated carbocycles. The van der Waals surface area contributed by atoms with Crippen LogP contribution in [0.15, 0.2) is 310 Å². The lowest BCUT2D eigenvalue weighted by Crippen LogP contribution is -2.04. The van der Waals surface area contributed by atoms with Crippen LogP contribution in [-0.4, -0.2) is 48.2 Å². The van der Waals surface area contributed by atoms with E-state index < -0.39 is 0 Å². The van der Waals surface area contributed by atoms with Gasteiger partial charge in [0.15, 0.2) is 0 Å². The molecule has 9 aromatic heterocycles. The Balaban J connectivity index is 0.000000102. The molecule has 0 aliphatic carbocycles. The normalized spacial score (nSPS) is 11.3. The number of pyridine rings is 4. The van der Waals surface area contributed by atoms with Crippen molar-refractivity contribution in [2.45, 2.75) is 0 Å². The van der Waals surface area contributed by atoms with E-state index in [1.54, 1.807) is 0 Å². The third-order valence-electron chi connectivity index (χ3n) is 15.9. The van der Waals surface area contributed by atoms with Gasteiger partial charge in [0.05, 0.1) is 61.5 Å². The molecular formula is C76H48Br4N10. The standard InChI is InChI=1S/C25H15BrN4.3C17H11BrN2/c26-17-12-13-22-20(15-17)18-10-6-14-27-24(18)30(22)25-28-21-11-5-4-9-19(21)23(29-25)16-7-2-1-3-8-16;18-12-8-9-15-14(11-12)17-16(7-4-10-19-17)20(15)13-5-2-1-3-6-13;18-12-6-7-16-14(10-12)15-11-19-9-8-17(15)20(16)13-4-2-1-3-5-13;18-12-6-7-16-15(10-12)14-8-9-19-11-17(14)20(16)13-4-2-1-3-5-13/h1-15H;3*1-11H. The number of rotatable bonds is 5. The van der Waals surface area contributed by atoms with Crippen molar-refractivity contribution in [1.29, 1.82) is 0 Å². The summed E-state index contributed by atoms with van der Waals surface area (Å²) < 4.78 is 13.1. The Kier molecular flexibility index (Phi) is 15.4. The number of halogens is 4. The Bertz CT molecular complexity index is 5300. The largest absolute Gasteiger partial charge is 0.309 e. The predicted octanol–water partition coefficient (Wildman–Crippen LogP) is 21.4. The smallest absolute Gasteiger partial charge is 0.237 e. The Hall–Kier alpha value is -9.96. The molecule has 9 heterocycles. The van der Waals surface area contributed by atoms with Gasteiger partial charge in [-0.1, -0.05) is 167 Å². The summed E-state index contributed by atoms with van der Waals surface area (Å²) in [7, 11) is 0. The number of para-hydroxylation sites is 4. The fourth-order valence-corrected chi connectivity index (χ4v) is 13.5. The lowest BCUT2D eigenvalue weighted by Gasteiger charge is -2.11. The van der Waals surface area contributed by atoms with E-state index in [1.807, 2.05) is 110 Å². The van der Waals surface area contributed by atoms with Crippen molar-refractivity contribution in [1.82, 2.24) is 48.2 Å². The molecule has 0 aliphatic heterocycles. The zero-order valence-corrected chi connectivity index (χ0v) is 54.0. The van der Waals surface area contributed by atoms with Gasteiger partial charge in [0.2, 0.25) is 5.95 Å². The van der Waals surface area contributed by atoms with E-state index >= 15 is 0 Å². The van der Waals surface area contributed by atoms with Gasteiger partial charge in [-0.3, -0.25) is 19.5 Å². The molecule has 0 saturated heterocycles. The molecule has 0 bridgehead atoms. The fourth-order valence-electron chi connectivity index (χ4n) is 12.1. The van der Waals surface area contributed by atoms with Crippen LogP contribution >= 0.6 is 63.7 Å². The number of nitrogens with zero attached hydrogens (tertiary/aromatic N) is 10. The maximum atomic E-state index is 5.04. The van der Waals surface area contributed by atoms with Crippen molar-refractivity contribution >= 4 is 162 Å². The van der Waals surface area contributed by atoms with Gasteiger partial charge in [-0.25, -0.2) is 15.0 Å². The highest BCUT2D eigenvalue weighted by Gasteiger charge is 2.20. The van der Waals surface area contributed by atoms with Crippen LogP contribution in [0.4, 0.5) is 0 Å².